The Morgan fingerprint density at radius 2 is 1.78 bits per heavy atom. The van der Waals surface area contributed by atoms with E-state index in [9.17, 15) is 14.4 Å². The van der Waals surface area contributed by atoms with E-state index in [4.69, 9.17) is 14.9 Å². The third-order valence-electron chi connectivity index (χ3n) is 7.34. The van der Waals surface area contributed by atoms with Gasteiger partial charge >= 0.3 is 0 Å². The van der Waals surface area contributed by atoms with Crippen LogP contribution in [0.2, 0.25) is 0 Å². The summed E-state index contributed by atoms with van der Waals surface area (Å²) in [7, 11) is 1.54. The first-order valence-corrected chi connectivity index (χ1v) is 12.3. The minimum absolute atomic E-state index is 0.0804. The third kappa shape index (κ3) is 4.25. The maximum atomic E-state index is 13.5. The van der Waals surface area contributed by atoms with Gasteiger partial charge in [-0.1, -0.05) is 24.3 Å². The van der Waals surface area contributed by atoms with Gasteiger partial charge in [0.15, 0.2) is 0 Å². The summed E-state index contributed by atoms with van der Waals surface area (Å²) < 4.78 is 11.5. The standard InChI is InChI=1S/C28H30N4O5/c1-28-21(22-10-8-19(16-29)37-22)9-11-23(36-2)24(28)20(17-30-28)25(33)27(35)32-14-12-31(13-15-32)26(34)18-6-4-3-5-7-18/h3-11,17,21,30H,12-16,29H2,1-2H3. The lowest BCUT2D eigenvalue weighted by Gasteiger charge is -2.37. The van der Waals surface area contributed by atoms with Gasteiger partial charge in [0.05, 0.1) is 30.7 Å². The second kappa shape index (κ2) is 9.74. The molecule has 1 fully saturated rings. The second-order valence-electron chi connectivity index (χ2n) is 9.47. The number of nitrogens with zero attached hydrogens (tertiary/aromatic N) is 2. The minimum Gasteiger partial charge on any atom is -0.496 e. The van der Waals surface area contributed by atoms with Crippen molar-refractivity contribution in [2.75, 3.05) is 33.3 Å². The normalized spacial score (nSPS) is 22.9. The van der Waals surface area contributed by atoms with Gasteiger partial charge in [-0.05, 0) is 37.3 Å². The number of benzene rings is 1. The van der Waals surface area contributed by atoms with E-state index >= 15 is 0 Å². The van der Waals surface area contributed by atoms with Crippen LogP contribution in [0.3, 0.4) is 0 Å². The zero-order valence-electron chi connectivity index (χ0n) is 20.9. The number of nitrogens with one attached hydrogen (secondary N) is 1. The molecule has 0 bridgehead atoms. The number of nitrogens with two attached hydrogens (primary N) is 1. The van der Waals surface area contributed by atoms with Crippen molar-refractivity contribution < 1.29 is 23.5 Å². The molecule has 192 valence electrons. The Morgan fingerprint density at radius 3 is 2.43 bits per heavy atom. The Bertz CT molecular complexity index is 1320. The number of hydrogen-bond acceptors (Lipinski definition) is 7. The molecule has 0 saturated carbocycles. The van der Waals surface area contributed by atoms with Crippen LogP contribution in [0.25, 0.3) is 0 Å². The zero-order valence-corrected chi connectivity index (χ0v) is 20.9. The van der Waals surface area contributed by atoms with Gasteiger partial charge in [-0.15, -0.1) is 0 Å². The smallest absolute Gasteiger partial charge is 0.295 e. The van der Waals surface area contributed by atoms with E-state index in [1.165, 1.54) is 12.0 Å². The highest BCUT2D eigenvalue weighted by Crippen LogP contribution is 2.47. The van der Waals surface area contributed by atoms with Crippen LogP contribution in [-0.2, 0) is 20.9 Å². The summed E-state index contributed by atoms with van der Waals surface area (Å²) in [6.07, 6.45) is 5.36. The Labute approximate surface area is 215 Å². The van der Waals surface area contributed by atoms with Gasteiger partial charge < -0.3 is 30.0 Å². The minimum atomic E-state index is -0.754. The molecule has 9 nitrogen and oxygen atoms in total. The first kappa shape index (κ1) is 24.6. The van der Waals surface area contributed by atoms with E-state index in [0.717, 1.165) is 0 Å². The van der Waals surface area contributed by atoms with E-state index < -0.39 is 17.2 Å². The lowest BCUT2D eigenvalue weighted by molar-refractivity contribution is -0.143. The molecule has 9 heteroatoms. The van der Waals surface area contributed by atoms with Gasteiger partial charge in [-0.3, -0.25) is 14.4 Å². The molecule has 3 aliphatic rings. The SMILES string of the molecule is COC1=C2C(C(=O)C(=O)N3CCN(C(=O)c4ccccc4)CC3)=CNC2(C)C(c2ccc(CN)o2)C=C1. The van der Waals surface area contributed by atoms with E-state index in [1.807, 2.05) is 43.3 Å². The number of ether oxygens (including phenoxy) is 1. The molecule has 2 amide bonds. The second-order valence-corrected chi connectivity index (χ2v) is 9.47. The van der Waals surface area contributed by atoms with Gasteiger partial charge in [-0.2, -0.15) is 0 Å². The van der Waals surface area contributed by atoms with Gasteiger partial charge in [0.25, 0.3) is 17.6 Å². The number of Topliss-reactive ketones (excluding diaryl/α,β-unsaturated/α-hetero) is 1. The lowest BCUT2D eigenvalue weighted by Crippen LogP contribution is -2.52. The van der Waals surface area contributed by atoms with Gasteiger partial charge in [0.2, 0.25) is 0 Å². The Balaban J connectivity index is 1.31. The summed E-state index contributed by atoms with van der Waals surface area (Å²) in [6.45, 7) is 3.53. The molecule has 1 saturated heterocycles. The summed E-state index contributed by atoms with van der Waals surface area (Å²) in [6, 6.07) is 12.7. The summed E-state index contributed by atoms with van der Waals surface area (Å²) in [5.41, 5.74) is 6.46. The molecule has 2 aliphatic heterocycles. The molecule has 0 radical (unpaired) electrons. The number of allylic oxidation sites excluding steroid dienone is 1. The fourth-order valence-electron chi connectivity index (χ4n) is 5.27. The van der Waals surface area contributed by atoms with Crippen LogP contribution >= 0.6 is 0 Å². The monoisotopic (exact) mass is 502 g/mol. The topological polar surface area (TPSA) is 118 Å². The van der Waals surface area contributed by atoms with Gasteiger partial charge in [0, 0.05) is 43.5 Å². The van der Waals surface area contributed by atoms with Crippen LogP contribution in [0.5, 0.6) is 0 Å². The van der Waals surface area contributed by atoms with Crippen LogP contribution in [0.15, 0.2) is 82.1 Å². The van der Waals surface area contributed by atoms with E-state index in [-0.39, 0.29) is 37.0 Å². The first-order chi connectivity index (χ1) is 17.9. The van der Waals surface area contributed by atoms with E-state index in [0.29, 0.717) is 41.5 Å². The van der Waals surface area contributed by atoms with Crippen LogP contribution in [0.4, 0.5) is 0 Å². The highest BCUT2D eigenvalue weighted by Gasteiger charge is 2.49. The number of amides is 2. The highest BCUT2D eigenvalue weighted by molar-refractivity contribution is 6.44. The molecule has 3 N–H and O–H groups in total. The lowest BCUT2D eigenvalue weighted by atomic mass is 9.73. The average molecular weight is 503 g/mol. The Kier molecular flexibility index (Phi) is 6.47. The van der Waals surface area contributed by atoms with Crippen LogP contribution < -0.4 is 11.1 Å². The number of ketones is 1. The number of fused-ring (bicyclic) bond motifs is 1. The summed E-state index contributed by atoms with van der Waals surface area (Å²) >= 11 is 0. The van der Waals surface area contributed by atoms with Crippen LogP contribution in [0.1, 0.15) is 34.7 Å². The quantitative estimate of drug-likeness (QED) is 0.581. The fourth-order valence-corrected chi connectivity index (χ4v) is 5.27. The molecule has 3 heterocycles. The molecule has 2 atom stereocenters. The number of furan rings is 1. The summed E-state index contributed by atoms with van der Waals surface area (Å²) in [5.74, 6) is 0.347. The van der Waals surface area contributed by atoms with E-state index in [2.05, 4.69) is 5.32 Å². The van der Waals surface area contributed by atoms with E-state index in [1.54, 1.807) is 29.3 Å². The van der Waals surface area contributed by atoms with Crippen molar-refractivity contribution in [2.45, 2.75) is 24.9 Å². The molecule has 2 unspecified atom stereocenters. The Hall–Kier alpha value is -4.11. The number of rotatable bonds is 6. The van der Waals surface area contributed by atoms with Crippen molar-refractivity contribution in [1.29, 1.82) is 0 Å². The predicted octanol–water partition coefficient (Wildman–Crippen LogP) is 2.09. The average Bonchev–Trinajstić information content (AvgIpc) is 3.56. The number of piperazine rings is 1. The van der Waals surface area contributed by atoms with Crippen molar-refractivity contribution in [3.05, 3.63) is 94.8 Å². The largest absolute Gasteiger partial charge is 0.496 e. The van der Waals surface area contributed by atoms with Crippen molar-refractivity contribution in [3.8, 4) is 0 Å². The third-order valence-corrected chi connectivity index (χ3v) is 7.34. The summed E-state index contributed by atoms with van der Waals surface area (Å²) in [5, 5.41) is 3.32. The maximum Gasteiger partial charge on any atom is 0.295 e. The predicted molar refractivity (Wildman–Crippen MR) is 136 cm³/mol. The highest BCUT2D eigenvalue weighted by atomic mass is 16.5. The van der Waals surface area contributed by atoms with Crippen LogP contribution in [-0.4, -0.2) is 66.2 Å². The molecule has 1 aliphatic carbocycles. The molecule has 2 aromatic rings. The first-order valence-electron chi connectivity index (χ1n) is 12.3. The number of hydrogen-bond donors (Lipinski definition) is 2. The molecule has 1 aromatic carbocycles. The fraction of sp³-hybridized carbons (Fsp3) is 0.321. The molecule has 37 heavy (non-hydrogen) atoms. The number of methoxy groups -OCH3 is 1. The molecular formula is C28H30N4O5. The van der Waals surface area contributed by atoms with Crippen molar-refractivity contribution >= 4 is 17.6 Å². The summed E-state index contributed by atoms with van der Waals surface area (Å²) in [4.78, 5) is 42.8. The van der Waals surface area contributed by atoms with Crippen LogP contribution in [0, 0.1) is 0 Å². The maximum absolute atomic E-state index is 13.5. The number of carbonyl (C=O) groups is 3. The van der Waals surface area contributed by atoms with Gasteiger partial charge in [0.1, 0.15) is 17.3 Å². The van der Waals surface area contributed by atoms with Gasteiger partial charge in [-0.25, -0.2) is 0 Å². The zero-order chi connectivity index (χ0) is 26.2. The number of carbonyl (C=O) groups excluding carboxylic acids is 3. The van der Waals surface area contributed by atoms with Crippen molar-refractivity contribution in [3.63, 3.8) is 0 Å². The molecular weight excluding hydrogens is 472 g/mol. The van der Waals surface area contributed by atoms with Crippen molar-refractivity contribution in [2.24, 2.45) is 5.73 Å². The van der Waals surface area contributed by atoms with Crippen molar-refractivity contribution in [1.82, 2.24) is 15.1 Å². The molecule has 5 rings (SSSR count). The Morgan fingerprint density at radius 1 is 1.08 bits per heavy atom. The molecule has 1 aromatic heterocycles. The molecule has 0 spiro atoms.